The van der Waals surface area contributed by atoms with Gasteiger partial charge in [-0.05, 0) is 64.2 Å². The fourth-order valence-corrected chi connectivity index (χ4v) is 5.49. The number of aliphatic hydroxyl groups is 2. The normalized spacial score (nSPS) is 16.1. The Morgan fingerprint density at radius 1 is 0.731 bits per heavy atom. The lowest BCUT2D eigenvalue weighted by Gasteiger charge is -2.25. The maximum Gasteiger partial charge on any atom is 0.472 e. The van der Waals surface area contributed by atoms with Gasteiger partial charge in [0.1, 0.15) is 13.2 Å². The summed E-state index contributed by atoms with van der Waals surface area (Å²) in [5.41, 5.74) is 0. The zero-order valence-electron chi connectivity index (χ0n) is 33.1. The third kappa shape index (κ3) is 34.7. The van der Waals surface area contributed by atoms with Gasteiger partial charge in [-0.2, -0.15) is 0 Å². The van der Waals surface area contributed by atoms with Crippen LogP contribution in [-0.2, 0) is 18.4 Å². The summed E-state index contributed by atoms with van der Waals surface area (Å²) in [4.78, 5) is 23.0. The topological polar surface area (TPSA) is 125 Å². The molecule has 0 heterocycles. The molecule has 4 N–H and O–H groups in total. The molecule has 0 aromatic heterocycles. The van der Waals surface area contributed by atoms with E-state index in [1.807, 2.05) is 70.6 Å². The third-order valence-corrected chi connectivity index (χ3v) is 8.91. The highest BCUT2D eigenvalue weighted by Gasteiger charge is 2.27. The predicted molar refractivity (Wildman–Crippen MR) is 218 cm³/mol. The Hall–Kier alpha value is -2.36. The van der Waals surface area contributed by atoms with Gasteiger partial charge in [0, 0.05) is 6.42 Å². The van der Waals surface area contributed by atoms with E-state index in [1.54, 1.807) is 6.08 Å². The second kappa shape index (κ2) is 33.2. The van der Waals surface area contributed by atoms with Crippen LogP contribution in [0.25, 0.3) is 0 Å². The number of allylic oxidation sites excluding steroid dienone is 11. The number of likely N-dealkylation sites (N-methyl/N-ethyl adjacent to an activating group) is 1. The summed E-state index contributed by atoms with van der Waals surface area (Å²) in [6.45, 7) is 4.44. The molecule has 2 unspecified atom stereocenters. The minimum Gasteiger partial charge on any atom is -0.389 e. The molecule has 10 heteroatoms. The van der Waals surface area contributed by atoms with E-state index in [2.05, 4.69) is 48.7 Å². The fourth-order valence-electron chi connectivity index (χ4n) is 4.76. The molecule has 0 aliphatic rings. The first-order valence-corrected chi connectivity index (χ1v) is 21.1. The average molecular weight is 750 g/mol. The minimum absolute atomic E-state index is 0.0329. The van der Waals surface area contributed by atoms with Gasteiger partial charge in [-0.25, -0.2) is 4.57 Å². The number of rotatable bonds is 33. The molecule has 0 aromatic rings. The molecule has 298 valence electrons. The number of carbonyl (C=O) groups is 1. The highest BCUT2D eigenvalue weighted by atomic mass is 31.2. The molecule has 0 aliphatic carbocycles. The summed E-state index contributed by atoms with van der Waals surface area (Å²) in [6.07, 6.45) is 41.4. The smallest absolute Gasteiger partial charge is 0.389 e. The lowest BCUT2D eigenvalue weighted by atomic mass is 10.1. The molecular formula is C42H74N2O7P+. The third-order valence-electron chi connectivity index (χ3n) is 7.92. The second-order valence-corrected chi connectivity index (χ2v) is 15.6. The molecule has 0 bridgehead atoms. The first-order valence-electron chi connectivity index (χ1n) is 19.6. The van der Waals surface area contributed by atoms with E-state index >= 15 is 0 Å². The van der Waals surface area contributed by atoms with Gasteiger partial charge in [-0.15, -0.1) is 0 Å². The molecule has 0 fully saturated rings. The van der Waals surface area contributed by atoms with Gasteiger partial charge in [0.15, 0.2) is 0 Å². The molecule has 0 saturated heterocycles. The van der Waals surface area contributed by atoms with Crippen molar-refractivity contribution in [1.82, 2.24) is 5.32 Å². The Morgan fingerprint density at radius 3 is 2.08 bits per heavy atom. The Morgan fingerprint density at radius 2 is 1.35 bits per heavy atom. The van der Waals surface area contributed by atoms with Gasteiger partial charge in [0.05, 0.1) is 46.0 Å². The van der Waals surface area contributed by atoms with Crippen molar-refractivity contribution in [2.24, 2.45) is 0 Å². The summed E-state index contributed by atoms with van der Waals surface area (Å²) in [7, 11) is 1.47. The van der Waals surface area contributed by atoms with Crippen molar-refractivity contribution in [1.29, 1.82) is 0 Å². The first kappa shape index (κ1) is 49.6. The highest BCUT2D eigenvalue weighted by molar-refractivity contribution is 7.47. The maximum absolute atomic E-state index is 12.8. The van der Waals surface area contributed by atoms with Gasteiger partial charge in [0.25, 0.3) is 0 Å². The van der Waals surface area contributed by atoms with Crippen molar-refractivity contribution in [2.75, 3.05) is 40.9 Å². The van der Waals surface area contributed by atoms with Gasteiger partial charge in [-0.1, -0.05) is 131 Å². The molecule has 0 saturated carbocycles. The van der Waals surface area contributed by atoms with Crippen molar-refractivity contribution in [3.63, 3.8) is 0 Å². The molecule has 4 atom stereocenters. The molecule has 0 radical (unpaired) electrons. The standard InChI is InChI=1S/C42H73N2O7P/c1-6-8-10-11-12-13-14-18-21-24-27-30-34-41(46)40(38-51-52(48,49)50-37-36-44(3,4)5)43-42(47)35-31-28-25-22-19-16-15-17-20-23-26-29-33-39(45)32-9-7-2/h9,15-16,18,20-23,25-26,29-30,32,34,39-41,45-46H,6-8,10-14,17,19,24,27-28,31,33,35-38H2,1-5H3,(H-,43,47,48,49)/p+1/b16-15-,21-18-,23-20-,25-22-,29-26+,32-9-,34-30+/t39?,40-,41+/m0/s1. The van der Waals surface area contributed by atoms with Crippen LogP contribution in [0.15, 0.2) is 85.1 Å². The van der Waals surface area contributed by atoms with Crippen LogP contribution < -0.4 is 5.32 Å². The molecule has 0 aromatic carbocycles. The van der Waals surface area contributed by atoms with Crippen LogP contribution in [0.1, 0.15) is 117 Å². The Balaban J connectivity index is 4.72. The molecule has 0 rings (SSSR count). The molecule has 9 nitrogen and oxygen atoms in total. The van der Waals surface area contributed by atoms with E-state index < -0.39 is 26.1 Å². The minimum atomic E-state index is -4.37. The average Bonchev–Trinajstić information content (AvgIpc) is 3.08. The Bertz CT molecular complexity index is 1140. The van der Waals surface area contributed by atoms with Crippen LogP contribution in [0.5, 0.6) is 0 Å². The van der Waals surface area contributed by atoms with E-state index in [4.69, 9.17) is 9.05 Å². The maximum atomic E-state index is 12.8. The number of amides is 1. The van der Waals surface area contributed by atoms with E-state index in [-0.39, 0.29) is 25.5 Å². The summed E-state index contributed by atoms with van der Waals surface area (Å²) in [5.74, 6) is -0.265. The van der Waals surface area contributed by atoms with Crippen molar-refractivity contribution in [3.05, 3.63) is 85.1 Å². The summed E-state index contributed by atoms with van der Waals surface area (Å²) in [5, 5.41) is 23.4. The first-order chi connectivity index (χ1) is 24.9. The van der Waals surface area contributed by atoms with Crippen LogP contribution in [0.2, 0.25) is 0 Å². The van der Waals surface area contributed by atoms with E-state index in [0.717, 1.165) is 44.9 Å². The van der Waals surface area contributed by atoms with Crippen molar-refractivity contribution in [2.45, 2.75) is 135 Å². The van der Waals surface area contributed by atoms with Crippen LogP contribution in [0, 0.1) is 0 Å². The Kier molecular flexibility index (Phi) is 31.7. The molecule has 0 spiro atoms. The quantitative estimate of drug-likeness (QED) is 0.0173. The largest absolute Gasteiger partial charge is 0.472 e. The van der Waals surface area contributed by atoms with Gasteiger partial charge < -0.3 is 24.9 Å². The fraction of sp³-hybridized carbons (Fsp3) is 0.643. The van der Waals surface area contributed by atoms with Crippen molar-refractivity contribution in [3.8, 4) is 0 Å². The molecule has 0 aliphatic heterocycles. The summed E-state index contributed by atoms with van der Waals surface area (Å²) < 4.78 is 23.4. The van der Waals surface area contributed by atoms with Gasteiger partial charge in [0.2, 0.25) is 5.91 Å². The number of nitrogens with zero attached hydrogens (tertiary/aromatic N) is 1. The number of unbranched alkanes of at least 4 members (excludes halogenated alkanes) is 8. The van der Waals surface area contributed by atoms with Crippen molar-refractivity contribution >= 4 is 13.7 Å². The number of nitrogens with one attached hydrogen (secondary N) is 1. The zero-order chi connectivity index (χ0) is 38.8. The number of hydrogen-bond acceptors (Lipinski definition) is 6. The van der Waals surface area contributed by atoms with Crippen LogP contribution in [0.3, 0.4) is 0 Å². The number of aliphatic hydroxyl groups excluding tert-OH is 2. The van der Waals surface area contributed by atoms with Crippen LogP contribution in [0.4, 0.5) is 0 Å². The monoisotopic (exact) mass is 750 g/mol. The predicted octanol–water partition coefficient (Wildman–Crippen LogP) is 9.21. The lowest BCUT2D eigenvalue weighted by molar-refractivity contribution is -0.870. The lowest BCUT2D eigenvalue weighted by Crippen LogP contribution is -2.45. The van der Waals surface area contributed by atoms with Crippen LogP contribution in [-0.4, -0.2) is 84.6 Å². The summed E-state index contributed by atoms with van der Waals surface area (Å²) in [6, 6.07) is -0.908. The number of hydrogen-bond donors (Lipinski definition) is 4. The number of phosphoric ester groups is 1. The van der Waals surface area contributed by atoms with E-state index in [0.29, 0.717) is 23.9 Å². The molecular weight excluding hydrogens is 675 g/mol. The highest BCUT2D eigenvalue weighted by Crippen LogP contribution is 2.43. The second-order valence-electron chi connectivity index (χ2n) is 14.1. The molecule has 1 amide bonds. The Labute approximate surface area is 317 Å². The number of phosphoric acid groups is 1. The van der Waals surface area contributed by atoms with E-state index in [1.165, 1.54) is 38.5 Å². The number of carbonyl (C=O) groups excluding carboxylic acids is 1. The van der Waals surface area contributed by atoms with Gasteiger partial charge >= 0.3 is 7.82 Å². The van der Waals surface area contributed by atoms with Crippen molar-refractivity contribution < 1.29 is 38.0 Å². The molecule has 52 heavy (non-hydrogen) atoms. The SMILES string of the molecule is CC/C=C\C(O)C/C=C/C=C\C/C=C\C/C=C\CCCC(=O)N[C@@H](COP(=O)(O)OCC[N+](C)(C)C)[C@H](O)/C=C/CC/C=C\CCCCCCCC. The summed E-state index contributed by atoms with van der Waals surface area (Å²) >= 11 is 0. The van der Waals surface area contributed by atoms with Crippen LogP contribution >= 0.6 is 7.82 Å². The number of quaternary nitrogens is 1. The van der Waals surface area contributed by atoms with E-state index in [9.17, 15) is 24.5 Å². The van der Waals surface area contributed by atoms with Gasteiger partial charge in [-0.3, -0.25) is 13.8 Å². The zero-order valence-corrected chi connectivity index (χ0v) is 34.0.